The van der Waals surface area contributed by atoms with Crippen LogP contribution in [0.3, 0.4) is 0 Å². The number of rotatable bonds is 5. The summed E-state index contributed by atoms with van der Waals surface area (Å²) in [6, 6.07) is 7.44. The van der Waals surface area contributed by atoms with Crippen molar-refractivity contribution < 1.29 is 9.53 Å². The van der Waals surface area contributed by atoms with Crippen LogP contribution < -0.4 is 4.74 Å². The molecule has 0 N–H and O–H groups in total. The lowest BCUT2D eigenvalue weighted by atomic mass is 9.80. The number of ether oxygens (including phenoxy) is 1. The Kier molecular flexibility index (Phi) is 6.08. The number of carbonyl (C=O) groups excluding carboxylic acids is 1. The molecule has 1 saturated carbocycles. The third-order valence-electron chi connectivity index (χ3n) is 4.18. The van der Waals surface area contributed by atoms with Gasteiger partial charge in [0.25, 0.3) is 0 Å². The summed E-state index contributed by atoms with van der Waals surface area (Å²) in [6.45, 7) is 2.24. The molecule has 2 nitrogen and oxygen atoms in total. The average molecular weight is 339 g/mol. The fraction of sp³-hybridized carbons (Fsp3) is 0.588. The molecule has 0 atom stereocenters. The summed E-state index contributed by atoms with van der Waals surface area (Å²) in [7, 11) is 0. The molecule has 0 saturated heterocycles. The lowest BCUT2D eigenvalue weighted by molar-refractivity contribution is -0.140. The molecule has 2 rings (SSSR count). The molecule has 1 fully saturated rings. The Morgan fingerprint density at radius 3 is 2.45 bits per heavy atom. The minimum atomic E-state index is -0.0544. The first-order chi connectivity index (χ1) is 9.69. The van der Waals surface area contributed by atoms with Crippen molar-refractivity contribution in [1.29, 1.82) is 0 Å². The standard InChI is InChI=1S/C17H23BrO2/c1-2-3-4-13-5-7-14(8-6-13)17(19)20-16-11-9-15(18)10-12-16/h9-14H,2-8H2,1H3/t13-,14-. The van der Waals surface area contributed by atoms with Gasteiger partial charge in [-0.1, -0.05) is 42.1 Å². The van der Waals surface area contributed by atoms with E-state index in [1.165, 1.54) is 32.1 Å². The van der Waals surface area contributed by atoms with Crippen molar-refractivity contribution in [3.63, 3.8) is 0 Å². The summed E-state index contributed by atoms with van der Waals surface area (Å²) in [5.41, 5.74) is 0. The van der Waals surface area contributed by atoms with Crippen LogP contribution in [0.25, 0.3) is 0 Å². The first-order valence-electron chi connectivity index (χ1n) is 7.66. The van der Waals surface area contributed by atoms with Crippen LogP contribution in [0.1, 0.15) is 51.9 Å². The molecule has 1 aliphatic rings. The number of halogens is 1. The van der Waals surface area contributed by atoms with E-state index in [9.17, 15) is 4.79 Å². The van der Waals surface area contributed by atoms with Crippen LogP contribution in [-0.2, 0) is 4.79 Å². The Hall–Kier alpha value is -0.830. The maximum absolute atomic E-state index is 12.1. The van der Waals surface area contributed by atoms with Gasteiger partial charge in [-0.15, -0.1) is 0 Å². The van der Waals surface area contributed by atoms with Gasteiger partial charge in [-0.3, -0.25) is 4.79 Å². The summed E-state index contributed by atoms with van der Waals surface area (Å²) in [5, 5.41) is 0. The van der Waals surface area contributed by atoms with E-state index in [1.807, 2.05) is 24.3 Å². The Balaban J connectivity index is 1.78. The Morgan fingerprint density at radius 2 is 1.85 bits per heavy atom. The van der Waals surface area contributed by atoms with E-state index in [-0.39, 0.29) is 11.9 Å². The number of carbonyl (C=O) groups is 1. The summed E-state index contributed by atoms with van der Waals surface area (Å²) in [4.78, 5) is 12.1. The summed E-state index contributed by atoms with van der Waals surface area (Å²) in [6.07, 6.45) is 8.25. The Labute approximate surface area is 130 Å². The van der Waals surface area contributed by atoms with Gasteiger partial charge in [0.1, 0.15) is 5.75 Å². The van der Waals surface area contributed by atoms with E-state index in [2.05, 4.69) is 22.9 Å². The van der Waals surface area contributed by atoms with Crippen LogP contribution in [0, 0.1) is 11.8 Å². The van der Waals surface area contributed by atoms with Gasteiger partial charge in [0, 0.05) is 4.47 Å². The topological polar surface area (TPSA) is 26.3 Å². The van der Waals surface area contributed by atoms with E-state index in [0.29, 0.717) is 5.75 Å². The summed E-state index contributed by atoms with van der Waals surface area (Å²) in [5.74, 6) is 1.51. The normalized spacial score (nSPS) is 22.5. The van der Waals surface area contributed by atoms with Crippen LogP contribution in [-0.4, -0.2) is 5.97 Å². The van der Waals surface area contributed by atoms with Crippen LogP contribution in [0.4, 0.5) is 0 Å². The molecule has 1 aliphatic carbocycles. The molecular weight excluding hydrogens is 316 g/mol. The molecular formula is C17H23BrO2. The predicted octanol–water partition coefficient (Wildman–Crippen LogP) is 5.35. The van der Waals surface area contributed by atoms with Gasteiger partial charge < -0.3 is 4.74 Å². The van der Waals surface area contributed by atoms with Crippen molar-refractivity contribution >= 4 is 21.9 Å². The molecule has 0 bridgehead atoms. The second-order valence-electron chi connectivity index (χ2n) is 5.73. The van der Waals surface area contributed by atoms with E-state index >= 15 is 0 Å². The molecule has 0 unspecified atom stereocenters. The molecule has 110 valence electrons. The highest BCUT2D eigenvalue weighted by Crippen LogP contribution is 2.32. The second-order valence-corrected chi connectivity index (χ2v) is 6.65. The summed E-state index contributed by atoms with van der Waals surface area (Å²) >= 11 is 3.37. The SMILES string of the molecule is CCCC[C@H]1CC[C@H](C(=O)Oc2ccc(Br)cc2)CC1. The Bertz CT molecular complexity index is 419. The van der Waals surface area contributed by atoms with Crippen molar-refractivity contribution in [3.05, 3.63) is 28.7 Å². The van der Waals surface area contributed by atoms with Crippen molar-refractivity contribution in [2.45, 2.75) is 51.9 Å². The van der Waals surface area contributed by atoms with E-state index in [4.69, 9.17) is 4.74 Å². The monoisotopic (exact) mass is 338 g/mol. The lowest BCUT2D eigenvalue weighted by Gasteiger charge is -2.27. The van der Waals surface area contributed by atoms with Crippen LogP contribution in [0.15, 0.2) is 28.7 Å². The second kappa shape index (κ2) is 7.82. The zero-order chi connectivity index (χ0) is 14.4. The van der Waals surface area contributed by atoms with Crippen molar-refractivity contribution in [2.24, 2.45) is 11.8 Å². The van der Waals surface area contributed by atoms with Crippen LogP contribution >= 0.6 is 15.9 Å². The fourth-order valence-electron chi connectivity index (χ4n) is 2.88. The molecule has 1 aromatic rings. The summed E-state index contributed by atoms with van der Waals surface area (Å²) < 4.78 is 6.46. The van der Waals surface area contributed by atoms with E-state index in [0.717, 1.165) is 23.2 Å². The quantitative estimate of drug-likeness (QED) is 0.534. The predicted molar refractivity (Wildman–Crippen MR) is 84.8 cm³/mol. The van der Waals surface area contributed by atoms with Crippen LogP contribution in [0.5, 0.6) is 5.75 Å². The number of hydrogen-bond donors (Lipinski definition) is 0. The largest absolute Gasteiger partial charge is 0.426 e. The maximum Gasteiger partial charge on any atom is 0.314 e. The molecule has 0 radical (unpaired) electrons. The highest BCUT2D eigenvalue weighted by Gasteiger charge is 2.27. The number of esters is 1. The average Bonchev–Trinajstić information content (AvgIpc) is 2.48. The first-order valence-corrected chi connectivity index (χ1v) is 8.45. The molecule has 1 aromatic carbocycles. The molecule has 20 heavy (non-hydrogen) atoms. The van der Waals surface area contributed by atoms with Gasteiger partial charge in [0.15, 0.2) is 0 Å². The van der Waals surface area contributed by atoms with Crippen molar-refractivity contribution in [2.75, 3.05) is 0 Å². The zero-order valence-electron chi connectivity index (χ0n) is 12.1. The van der Waals surface area contributed by atoms with Gasteiger partial charge in [-0.25, -0.2) is 0 Å². The first kappa shape index (κ1) is 15.6. The highest BCUT2D eigenvalue weighted by atomic mass is 79.9. The van der Waals surface area contributed by atoms with Gasteiger partial charge >= 0.3 is 5.97 Å². The van der Waals surface area contributed by atoms with Gasteiger partial charge in [0.2, 0.25) is 0 Å². The third-order valence-corrected chi connectivity index (χ3v) is 4.71. The van der Waals surface area contributed by atoms with Crippen molar-refractivity contribution in [3.8, 4) is 5.75 Å². The molecule has 3 heteroatoms. The smallest absolute Gasteiger partial charge is 0.314 e. The molecule has 0 heterocycles. The minimum absolute atomic E-state index is 0.0544. The Morgan fingerprint density at radius 1 is 1.20 bits per heavy atom. The molecule has 0 amide bonds. The minimum Gasteiger partial charge on any atom is -0.426 e. The van der Waals surface area contributed by atoms with Crippen molar-refractivity contribution in [1.82, 2.24) is 0 Å². The lowest BCUT2D eigenvalue weighted by Crippen LogP contribution is -2.25. The van der Waals surface area contributed by atoms with Gasteiger partial charge in [-0.05, 0) is 55.9 Å². The number of hydrogen-bond acceptors (Lipinski definition) is 2. The third kappa shape index (κ3) is 4.62. The zero-order valence-corrected chi connectivity index (χ0v) is 13.7. The van der Waals surface area contributed by atoms with Gasteiger partial charge in [-0.2, -0.15) is 0 Å². The van der Waals surface area contributed by atoms with Crippen LogP contribution in [0.2, 0.25) is 0 Å². The van der Waals surface area contributed by atoms with E-state index in [1.54, 1.807) is 0 Å². The number of benzene rings is 1. The highest BCUT2D eigenvalue weighted by molar-refractivity contribution is 9.10. The molecule has 0 aromatic heterocycles. The molecule has 0 spiro atoms. The maximum atomic E-state index is 12.1. The number of unbranched alkanes of at least 4 members (excludes halogenated alkanes) is 1. The molecule has 0 aliphatic heterocycles. The fourth-order valence-corrected chi connectivity index (χ4v) is 3.15. The van der Waals surface area contributed by atoms with Gasteiger partial charge in [0.05, 0.1) is 5.92 Å². The van der Waals surface area contributed by atoms with E-state index < -0.39 is 0 Å².